The second-order valence-electron chi connectivity index (χ2n) is 7.29. The van der Waals surface area contributed by atoms with Gasteiger partial charge in [0.2, 0.25) is 5.95 Å². The molecule has 1 fully saturated rings. The minimum absolute atomic E-state index is 0.0527. The highest BCUT2D eigenvalue weighted by atomic mass is 19.1. The number of aliphatic hydroxyl groups excluding tert-OH is 1. The normalized spacial score (nSPS) is 14.9. The molecule has 3 heterocycles. The van der Waals surface area contributed by atoms with E-state index in [0.717, 1.165) is 25.9 Å². The first kappa shape index (κ1) is 20.1. The summed E-state index contributed by atoms with van der Waals surface area (Å²) in [4.78, 5) is 22.9. The molecule has 1 saturated heterocycles. The Balaban J connectivity index is 1.63. The number of fused-ring (bicyclic) bond motifs is 1. The van der Waals surface area contributed by atoms with Crippen molar-refractivity contribution in [2.45, 2.75) is 12.8 Å². The SMILES string of the molecule is O=C(O)n1c(-c2cnc(N3CCC(CO)CC3)nc2)cc2cc(OCCF)ccc21. The number of ether oxygens (including phenoxy) is 1. The molecule has 30 heavy (non-hydrogen) atoms. The van der Waals surface area contributed by atoms with E-state index < -0.39 is 12.8 Å². The zero-order chi connectivity index (χ0) is 21.1. The molecule has 2 aromatic heterocycles. The summed E-state index contributed by atoms with van der Waals surface area (Å²) >= 11 is 0. The second-order valence-corrected chi connectivity index (χ2v) is 7.29. The molecule has 3 aromatic rings. The van der Waals surface area contributed by atoms with Crippen LogP contribution < -0.4 is 9.64 Å². The summed E-state index contributed by atoms with van der Waals surface area (Å²) < 4.78 is 18.8. The van der Waals surface area contributed by atoms with E-state index in [1.807, 2.05) is 0 Å². The van der Waals surface area contributed by atoms with Gasteiger partial charge in [-0.3, -0.25) is 0 Å². The van der Waals surface area contributed by atoms with Crippen LogP contribution in [-0.2, 0) is 0 Å². The highest BCUT2D eigenvalue weighted by Gasteiger charge is 2.21. The lowest BCUT2D eigenvalue weighted by Crippen LogP contribution is -2.35. The highest BCUT2D eigenvalue weighted by molar-refractivity contribution is 5.96. The van der Waals surface area contributed by atoms with Crippen LogP contribution in [0.2, 0.25) is 0 Å². The number of nitrogens with zero attached hydrogens (tertiary/aromatic N) is 4. The van der Waals surface area contributed by atoms with Gasteiger partial charge in [0, 0.05) is 43.0 Å². The predicted molar refractivity (Wildman–Crippen MR) is 110 cm³/mol. The number of aliphatic hydroxyl groups is 1. The lowest BCUT2D eigenvalue weighted by atomic mass is 9.98. The summed E-state index contributed by atoms with van der Waals surface area (Å²) in [6, 6.07) is 6.68. The minimum atomic E-state index is -1.12. The zero-order valence-corrected chi connectivity index (χ0v) is 16.4. The maximum absolute atomic E-state index is 12.4. The van der Waals surface area contributed by atoms with Crippen molar-refractivity contribution in [2.75, 3.05) is 37.9 Å². The van der Waals surface area contributed by atoms with E-state index in [9.17, 15) is 19.4 Å². The van der Waals surface area contributed by atoms with Gasteiger partial charge in [-0.25, -0.2) is 23.7 Å². The molecule has 0 amide bonds. The lowest BCUT2D eigenvalue weighted by Gasteiger charge is -2.31. The number of anilines is 1. The largest absolute Gasteiger partial charge is 0.491 e. The van der Waals surface area contributed by atoms with Crippen molar-refractivity contribution in [1.82, 2.24) is 14.5 Å². The van der Waals surface area contributed by atoms with Crippen molar-refractivity contribution < 1.29 is 24.1 Å². The fourth-order valence-electron chi connectivity index (χ4n) is 3.79. The Kier molecular flexibility index (Phi) is 5.80. The van der Waals surface area contributed by atoms with E-state index in [2.05, 4.69) is 14.9 Å². The molecule has 0 atom stereocenters. The number of benzene rings is 1. The molecule has 4 rings (SSSR count). The zero-order valence-electron chi connectivity index (χ0n) is 16.4. The molecule has 0 aliphatic carbocycles. The van der Waals surface area contributed by atoms with Crippen molar-refractivity contribution in [1.29, 1.82) is 0 Å². The number of alkyl halides is 1. The van der Waals surface area contributed by atoms with Gasteiger partial charge in [-0.2, -0.15) is 0 Å². The molecule has 158 valence electrons. The lowest BCUT2D eigenvalue weighted by molar-refractivity contribution is 0.198. The van der Waals surface area contributed by atoms with Gasteiger partial charge in [0.1, 0.15) is 19.0 Å². The predicted octanol–water partition coefficient (Wildman–Crippen LogP) is 3.18. The maximum Gasteiger partial charge on any atom is 0.416 e. The standard InChI is InChI=1S/C21H23FN4O4/c22-5-8-30-17-1-2-18-15(9-17)10-19(26(18)21(28)29)16-11-23-20(24-12-16)25-6-3-14(13-27)4-7-25/h1-2,9-12,14,27H,3-8,13H2,(H,28,29). The monoisotopic (exact) mass is 414 g/mol. The van der Waals surface area contributed by atoms with Gasteiger partial charge < -0.3 is 19.8 Å². The Morgan fingerprint density at radius 3 is 2.57 bits per heavy atom. The van der Waals surface area contributed by atoms with Gasteiger partial charge in [-0.1, -0.05) is 0 Å². The third-order valence-corrected chi connectivity index (χ3v) is 5.40. The average Bonchev–Trinajstić information content (AvgIpc) is 3.17. The Bertz CT molecular complexity index is 1030. The average molecular weight is 414 g/mol. The number of hydrogen-bond donors (Lipinski definition) is 2. The molecule has 0 spiro atoms. The van der Waals surface area contributed by atoms with E-state index in [4.69, 9.17) is 4.74 Å². The molecule has 9 heteroatoms. The first-order valence-corrected chi connectivity index (χ1v) is 9.86. The summed E-state index contributed by atoms with van der Waals surface area (Å²) in [6.07, 6.45) is 3.90. The second kappa shape index (κ2) is 8.66. The van der Waals surface area contributed by atoms with E-state index in [1.54, 1.807) is 36.7 Å². The van der Waals surface area contributed by atoms with Crippen LogP contribution in [0, 0.1) is 5.92 Å². The number of carbonyl (C=O) groups is 1. The number of rotatable bonds is 6. The first-order valence-electron chi connectivity index (χ1n) is 9.86. The summed E-state index contributed by atoms with van der Waals surface area (Å²) in [6.45, 7) is 1.11. The molecule has 1 aliphatic rings. The van der Waals surface area contributed by atoms with E-state index >= 15 is 0 Å². The topological polar surface area (TPSA) is 101 Å². The summed E-state index contributed by atoms with van der Waals surface area (Å²) in [7, 11) is 0. The van der Waals surface area contributed by atoms with Crippen molar-refractivity contribution in [3.8, 4) is 17.0 Å². The van der Waals surface area contributed by atoms with Gasteiger partial charge in [-0.15, -0.1) is 0 Å². The van der Waals surface area contributed by atoms with E-state index in [-0.39, 0.29) is 13.2 Å². The number of carboxylic acid groups (broad SMARTS) is 1. The van der Waals surface area contributed by atoms with Gasteiger partial charge in [-0.05, 0) is 43.0 Å². The van der Waals surface area contributed by atoms with Crippen molar-refractivity contribution in [2.24, 2.45) is 5.92 Å². The molecule has 0 radical (unpaired) electrons. The Morgan fingerprint density at radius 2 is 1.93 bits per heavy atom. The highest BCUT2D eigenvalue weighted by Crippen LogP contribution is 2.31. The summed E-state index contributed by atoms with van der Waals surface area (Å²) in [5, 5.41) is 19.7. The molecule has 1 aromatic carbocycles. The van der Waals surface area contributed by atoms with Gasteiger partial charge in [0.05, 0.1) is 11.2 Å². The molecule has 8 nitrogen and oxygen atoms in total. The van der Waals surface area contributed by atoms with Crippen molar-refractivity contribution in [3.63, 3.8) is 0 Å². The van der Waals surface area contributed by atoms with Crippen LogP contribution in [0.5, 0.6) is 5.75 Å². The third-order valence-electron chi connectivity index (χ3n) is 5.40. The molecule has 1 aliphatic heterocycles. The van der Waals surface area contributed by atoms with Gasteiger partial charge in [0.15, 0.2) is 0 Å². The molecule has 0 bridgehead atoms. The Labute approximate surface area is 172 Å². The van der Waals surface area contributed by atoms with Gasteiger partial charge in [0.25, 0.3) is 0 Å². The molecule has 0 unspecified atom stereocenters. The van der Waals surface area contributed by atoms with Crippen LogP contribution in [0.3, 0.4) is 0 Å². The van der Waals surface area contributed by atoms with Crippen molar-refractivity contribution >= 4 is 22.9 Å². The number of hydrogen-bond acceptors (Lipinski definition) is 6. The molecule has 0 saturated carbocycles. The van der Waals surface area contributed by atoms with Crippen LogP contribution in [0.4, 0.5) is 15.1 Å². The smallest absolute Gasteiger partial charge is 0.416 e. The van der Waals surface area contributed by atoms with Crippen LogP contribution in [0.25, 0.3) is 22.2 Å². The maximum atomic E-state index is 12.4. The fraction of sp³-hybridized carbons (Fsp3) is 0.381. The van der Waals surface area contributed by atoms with E-state index in [1.165, 1.54) is 4.57 Å². The minimum Gasteiger partial charge on any atom is -0.491 e. The Hall–Kier alpha value is -3.20. The van der Waals surface area contributed by atoms with Crippen LogP contribution in [0.15, 0.2) is 36.7 Å². The quantitative estimate of drug-likeness (QED) is 0.639. The van der Waals surface area contributed by atoms with Crippen molar-refractivity contribution in [3.05, 3.63) is 36.7 Å². The third kappa shape index (κ3) is 3.93. The van der Waals surface area contributed by atoms with Crippen LogP contribution >= 0.6 is 0 Å². The number of aromatic nitrogens is 3. The Morgan fingerprint density at radius 1 is 1.20 bits per heavy atom. The first-order chi connectivity index (χ1) is 14.6. The summed E-state index contributed by atoms with van der Waals surface area (Å²) in [5.41, 5.74) is 1.53. The number of halogens is 1. The molecular formula is C21H23FN4O4. The fourth-order valence-corrected chi connectivity index (χ4v) is 3.79. The molecule has 2 N–H and O–H groups in total. The van der Waals surface area contributed by atoms with Crippen LogP contribution in [-0.4, -0.2) is 63.8 Å². The van der Waals surface area contributed by atoms with Gasteiger partial charge >= 0.3 is 6.09 Å². The summed E-state index contributed by atoms with van der Waals surface area (Å²) in [5.74, 6) is 1.40. The van der Waals surface area contributed by atoms with Crippen LogP contribution in [0.1, 0.15) is 12.8 Å². The number of piperidine rings is 1. The van der Waals surface area contributed by atoms with E-state index in [0.29, 0.717) is 39.8 Å². The molecular weight excluding hydrogens is 391 g/mol.